The minimum Gasteiger partial charge on any atom is -0.354 e. The maximum Gasteiger partial charge on any atom is 0.221 e. The van der Waals surface area contributed by atoms with Gasteiger partial charge in [0.1, 0.15) is 0 Å². The van der Waals surface area contributed by atoms with E-state index in [1.165, 1.54) is 10.4 Å². The largest absolute Gasteiger partial charge is 0.354 e. The third-order valence-electron chi connectivity index (χ3n) is 6.45. The number of amides is 1. The topological polar surface area (TPSA) is 66.5 Å². The molecule has 1 aromatic heterocycles. The van der Waals surface area contributed by atoms with Gasteiger partial charge in [-0.1, -0.05) is 36.6 Å². The molecule has 4 rings (SSSR count). The zero-order valence-corrected chi connectivity index (χ0v) is 19.9. The van der Waals surface area contributed by atoms with Crippen molar-refractivity contribution in [1.82, 2.24) is 10.2 Å². The van der Waals surface area contributed by atoms with Gasteiger partial charge in [0.05, 0.1) is 17.0 Å². The molecular weight excluding hydrogens is 452 g/mol. The Morgan fingerprint density at radius 2 is 1.94 bits per heavy atom. The van der Waals surface area contributed by atoms with Gasteiger partial charge in [0, 0.05) is 36.0 Å². The minimum absolute atomic E-state index is 0.0145. The second-order valence-electron chi connectivity index (χ2n) is 8.48. The van der Waals surface area contributed by atoms with Crippen molar-refractivity contribution >= 4 is 38.7 Å². The second-order valence-corrected chi connectivity index (χ2v) is 12.3. The van der Waals surface area contributed by atoms with Crippen LogP contribution in [0.1, 0.15) is 54.1 Å². The fraction of sp³-hybridized carbons (Fsp3) is 0.522. The molecule has 1 amide bonds. The molecule has 1 fully saturated rings. The van der Waals surface area contributed by atoms with Crippen molar-refractivity contribution in [2.24, 2.45) is 0 Å². The molecule has 2 aromatic rings. The number of sulfone groups is 1. The first kappa shape index (κ1) is 22.8. The highest BCUT2D eigenvalue weighted by molar-refractivity contribution is 7.92. The number of thiophene rings is 1. The van der Waals surface area contributed by atoms with Crippen molar-refractivity contribution in [1.29, 1.82) is 0 Å². The molecule has 0 spiro atoms. The number of hydrogen-bond acceptors (Lipinski definition) is 5. The molecule has 1 aliphatic carbocycles. The van der Waals surface area contributed by atoms with Crippen LogP contribution in [0.5, 0.6) is 0 Å². The number of fused-ring (bicyclic) bond motifs is 1. The molecule has 1 saturated carbocycles. The minimum atomic E-state index is -3.18. The number of rotatable bonds is 8. The summed E-state index contributed by atoms with van der Waals surface area (Å²) in [6.45, 7) is 2.22. The Balaban J connectivity index is 1.39. The van der Waals surface area contributed by atoms with E-state index in [0.29, 0.717) is 11.6 Å². The quantitative estimate of drug-likeness (QED) is 0.609. The Labute approximate surface area is 193 Å². The molecular formula is C23H29ClN2O3S2. The van der Waals surface area contributed by atoms with E-state index in [9.17, 15) is 13.2 Å². The normalized spacial score (nSPS) is 18.6. The van der Waals surface area contributed by atoms with Crippen LogP contribution in [0.25, 0.3) is 0 Å². The molecule has 2 aliphatic rings. The van der Waals surface area contributed by atoms with E-state index >= 15 is 0 Å². The molecule has 1 N–H and O–H groups in total. The molecule has 1 unspecified atom stereocenters. The van der Waals surface area contributed by atoms with Crippen molar-refractivity contribution in [2.75, 3.05) is 18.8 Å². The van der Waals surface area contributed by atoms with E-state index in [4.69, 9.17) is 11.6 Å². The van der Waals surface area contributed by atoms with Gasteiger partial charge in [0.15, 0.2) is 9.84 Å². The number of benzene rings is 1. The highest BCUT2D eigenvalue weighted by atomic mass is 35.5. The van der Waals surface area contributed by atoms with Crippen molar-refractivity contribution in [3.05, 3.63) is 56.7 Å². The van der Waals surface area contributed by atoms with Crippen LogP contribution in [0.3, 0.4) is 0 Å². The van der Waals surface area contributed by atoms with Crippen LogP contribution in [-0.4, -0.2) is 43.3 Å². The smallest absolute Gasteiger partial charge is 0.221 e. The Morgan fingerprint density at radius 3 is 2.68 bits per heavy atom. The Hall–Kier alpha value is -1.41. The lowest BCUT2D eigenvalue weighted by Gasteiger charge is -2.35. The number of hydrogen-bond donors (Lipinski definition) is 1. The van der Waals surface area contributed by atoms with E-state index in [1.807, 2.05) is 24.3 Å². The van der Waals surface area contributed by atoms with Gasteiger partial charge in [-0.2, -0.15) is 0 Å². The van der Waals surface area contributed by atoms with E-state index < -0.39 is 9.84 Å². The summed E-state index contributed by atoms with van der Waals surface area (Å²) in [4.78, 5) is 16.3. The standard InChI is InChI=1S/C23H29ClN2O3S2/c24-19-7-5-17(6-8-19)21(26-12-9-22-18(16-26)10-13-30-22)15-25-23(27)11-14-31(28,29)20-3-1-2-4-20/h5-8,10,13,20-21H,1-4,9,11-12,14-16H2,(H,25,27). The number of halogens is 1. The van der Waals surface area contributed by atoms with Crippen LogP contribution in [0.4, 0.5) is 0 Å². The average Bonchev–Trinajstić information content (AvgIpc) is 3.46. The third-order valence-corrected chi connectivity index (χ3v) is 9.98. The summed E-state index contributed by atoms with van der Waals surface area (Å²) in [5, 5.41) is 5.56. The van der Waals surface area contributed by atoms with Crippen molar-refractivity contribution < 1.29 is 13.2 Å². The van der Waals surface area contributed by atoms with Gasteiger partial charge in [-0.25, -0.2) is 8.42 Å². The number of nitrogens with one attached hydrogen (secondary N) is 1. The number of nitrogens with zero attached hydrogens (tertiary/aromatic N) is 1. The van der Waals surface area contributed by atoms with Crippen LogP contribution >= 0.6 is 22.9 Å². The fourth-order valence-electron chi connectivity index (χ4n) is 4.63. The summed E-state index contributed by atoms with van der Waals surface area (Å²) < 4.78 is 24.9. The molecule has 31 heavy (non-hydrogen) atoms. The van der Waals surface area contributed by atoms with Crippen LogP contribution in [-0.2, 0) is 27.6 Å². The summed E-state index contributed by atoms with van der Waals surface area (Å²) in [5.41, 5.74) is 2.45. The molecule has 1 aliphatic heterocycles. The van der Waals surface area contributed by atoms with Gasteiger partial charge in [0.25, 0.3) is 0 Å². The predicted octanol–water partition coefficient (Wildman–Crippen LogP) is 4.36. The van der Waals surface area contributed by atoms with Crippen molar-refractivity contribution in [3.63, 3.8) is 0 Å². The lowest BCUT2D eigenvalue weighted by molar-refractivity contribution is -0.121. The average molecular weight is 481 g/mol. The highest BCUT2D eigenvalue weighted by Crippen LogP contribution is 2.31. The molecule has 1 atom stereocenters. The van der Waals surface area contributed by atoms with E-state index in [-0.39, 0.29) is 29.4 Å². The van der Waals surface area contributed by atoms with Crippen LogP contribution in [0.2, 0.25) is 5.02 Å². The molecule has 168 valence electrons. The van der Waals surface area contributed by atoms with Gasteiger partial charge >= 0.3 is 0 Å². The summed E-state index contributed by atoms with van der Waals surface area (Å²) in [7, 11) is -3.18. The summed E-state index contributed by atoms with van der Waals surface area (Å²) in [5.74, 6) is -0.259. The van der Waals surface area contributed by atoms with Gasteiger partial charge in [-0.05, 0) is 54.0 Å². The summed E-state index contributed by atoms with van der Waals surface area (Å²) >= 11 is 7.88. The van der Waals surface area contributed by atoms with Gasteiger partial charge in [-0.3, -0.25) is 9.69 Å². The molecule has 0 radical (unpaired) electrons. The number of carbonyl (C=O) groups is 1. The van der Waals surface area contributed by atoms with Crippen LogP contribution < -0.4 is 5.32 Å². The molecule has 2 heterocycles. The highest BCUT2D eigenvalue weighted by Gasteiger charge is 2.29. The maximum absolute atomic E-state index is 12.5. The third kappa shape index (κ3) is 5.69. The summed E-state index contributed by atoms with van der Waals surface area (Å²) in [6, 6.07) is 9.96. The molecule has 8 heteroatoms. The Kier molecular flexibility index (Phi) is 7.37. The first-order valence-corrected chi connectivity index (χ1v) is 13.9. The molecule has 0 bridgehead atoms. The van der Waals surface area contributed by atoms with Crippen molar-refractivity contribution in [2.45, 2.75) is 56.4 Å². The maximum atomic E-state index is 12.5. The zero-order valence-electron chi connectivity index (χ0n) is 17.6. The lowest BCUT2D eigenvalue weighted by atomic mass is 10.0. The zero-order chi connectivity index (χ0) is 21.8. The van der Waals surface area contributed by atoms with E-state index in [2.05, 4.69) is 21.7 Å². The summed E-state index contributed by atoms with van der Waals surface area (Å²) in [6.07, 6.45) is 4.46. The van der Waals surface area contributed by atoms with Gasteiger partial charge < -0.3 is 5.32 Å². The lowest BCUT2D eigenvalue weighted by Crippen LogP contribution is -2.40. The molecule has 0 saturated heterocycles. The number of carbonyl (C=O) groups excluding carboxylic acids is 1. The first-order valence-electron chi connectivity index (χ1n) is 11.0. The monoisotopic (exact) mass is 480 g/mol. The predicted molar refractivity (Wildman–Crippen MR) is 126 cm³/mol. The SMILES string of the molecule is O=C(CCS(=O)(=O)C1CCCC1)NCC(c1ccc(Cl)cc1)N1CCc2sccc2C1. The van der Waals surface area contributed by atoms with Crippen LogP contribution in [0.15, 0.2) is 35.7 Å². The van der Waals surface area contributed by atoms with Crippen molar-refractivity contribution in [3.8, 4) is 0 Å². The Bertz CT molecular complexity index is 998. The van der Waals surface area contributed by atoms with Crippen LogP contribution in [0, 0.1) is 0 Å². The van der Waals surface area contributed by atoms with Gasteiger partial charge in [0.2, 0.25) is 5.91 Å². The first-order chi connectivity index (χ1) is 14.9. The van der Waals surface area contributed by atoms with E-state index in [0.717, 1.165) is 50.8 Å². The van der Waals surface area contributed by atoms with E-state index in [1.54, 1.807) is 11.3 Å². The molecule has 1 aromatic carbocycles. The fourth-order valence-corrected chi connectivity index (χ4v) is 7.50. The van der Waals surface area contributed by atoms with Gasteiger partial charge in [-0.15, -0.1) is 11.3 Å². The Morgan fingerprint density at radius 1 is 1.19 bits per heavy atom. The molecule has 5 nitrogen and oxygen atoms in total. The second kappa shape index (κ2) is 10.0.